The Kier molecular flexibility index (Phi) is 39.1. The van der Waals surface area contributed by atoms with Crippen molar-refractivity contribution in [3.8, 4) is 0 Å². The number of benzene rings is 3. The molecular weight excluding hydrogens is 1040 g/mol. The predicted molar refractivity (Wildman–Crippen MR) is 288 cm³/mol. The van der Waals surface area contributed by atoms with Crippen LogP contribution in [0.1, 0.15) is 105 Å². The Bertz CT molecular complexity index is 2380. The second-order valence-corrected chi connectivity index (χ2v) is 16.5. The minimum Gasteiger partial charge on any atom is -0.481 e. The molecule has 0 aliphatic carbocycles. The maximum atomic E-state index is 12.9. The molecule has 0 bridgehead atoms. The second-order valence-electron chi connectivity index (χ2n) is 16.5. The smallest absolute Gasteiger partial charge is 0.326 e. The number of rotatable bonds is 31. The van der Waals surface area contributed by atoms with Crippen molar-refractivity contribution in [2.24, 2.45) is 23.0 Å². The van der Waals surface area contributed by atoms with E-state index in [4.69, 9.17) is 48.6 Å². The molecule has 27 nitrogen and oxygen atoms in total. The van der Waals surface area contributed by atoms with E-state index in [1.165, 1.54) is 11.2 Å². The number of nitrogens with one attached hydrogen (secondary N) is 5. The number of aliphatic hydroxyl groups is 1. The molecule has 7 amide bonds. The number of primary amides is 2. The number of aldehydes is 1. The van der Waals surface area contributed by atoms with Crippen LogP contribution in [0, 0.1) is 0 Å². The van der Waals surface area contributed by atoms with Crippen LogP contribution in [0.25, 0.3) is 0 Å². The number of nitrogens with zero attached hydrogens (tertiary/aromatic N) is 1. The Morgan fingerprint density at radius 1 is 0.620 bits per heavy atom. The number of nitrogens with two attached hydrogens (primary N) is 4. The van der Waals surface area contributed by atoms with Gasteiger partial charge in [-0.05, 0) is 105 Å². The number of carbonyl (C=O) groups is 11. The molecule has 28 heteroatoms. The van der Waals surface area contributed by atoms with E-state index in [-0.39, 0.29) is 69.2 Å². The van der Waals surface area contributed by atoms with E-state index < -0.39 is 60.7 Å². The molecule has 79 heavy (non-hydrogen) atoms. The van der Waals surface area contributed by atoms with Crippen molar-refractivity contribution in [2.75, 3.05) is 29.4 Å². The van der Waals surface area contributed by atoms with E-state index in [9.17, 15) is 62.2 Å². The van der Waals surface area contributed by atoms with Gasteiger partial charge in [-0.3, -0.25) is 43.0 Å². The molecule has 0 saturated carbocycles. The minimum absolute atomic E-state index is 0.0331. The van der Waals surface area contributed by atoms with Gasteiger partial charge in [0.05, 0.1) is 18.4 Å². The Labute approximate surface area is 454 Å². The second kappa shape index (κ2) is 43.0. The van der Waals surface area contributed by atoms with E-state index >= 15 is 0 Å². The number of hydrazine groups is 1. The van der Waals surface area contributed by atoms with Gasteiger partial charge in [0.1, 0.15) is 12.3 Å². The first-order valence-electron chi connectivity index (χ1n) is 24.2. The van der Waals surface area contributed by atoms with Gasteiger partial charge in [-0.25, -0.2) is 20.2 Å². The number of carbonyl (C=O) groups excluding carboxylic acids is 6. The lowest BCUT2D eigenvalue weighted by Crippen LogP contribution is -2.44. The van der Waals surface area contributed by atoms with Gasteiger partial charge in [-0.2, -0.15) is 0 Å². The third-order valence-corrected chi connectivity index (χ3v) is 10.1. The molecule has 0 aliphatic heterocycles. The monoisotopic (exact) mass is 1120 g/mol. The Balaban J connectivity index is 0. The maximum Gasteiger partial charge on any atom is 0.326 e. The van der Waals surface area contributed by atoms with Crippen molar-refractivity contribution in [3.05, 3.63) is 101 Å². The summed E-state index contributed by atoms with van der Waals surface area (Å²) < 4.78 is 12.3. The number of hydrogen-bond donors (Lipinski definition) is 15. The number of aliphatic hydroxyl groups excluding tert-OH is 1. The summed E-state index contributed by atoms with van der Waals surface area (Å²) in [6.45, 7) is 1.53. The molecule has 0 radical (unpaired) electrons. The van der Waals surface area contributed by atoms with Crippen molar-refractivity contribution >= 4 is 83.5 Å². The highest BCUT2D eigenvalue weighted by molar-refractivity contribution is 5.95. The van der Waals surface area contributed by atoms with Crippen LogP contribution in [0.3, 0.4) is 0 Å². The first-order valence-corrected chi connectivity index (χ1v) is 24.2. The zero-order valence-electron chi connectivity index (χ0n) is 43.8. The number of carboxylic acid groups (broad SMARTS) is 5. The lowest BCUT2D eigenvalue weighted by Gasteiger charge is -2.19. The molecule has 0 spiro atoms. The highest BCUT2D eigenvalue weighted by Gasteiger charge is 2.20. The van der Waals surface area contributed by atoms with Crippen molar-refractivity contribution in [1.82, 2.24) is 16.0 Å². The average Bonchev–Trinajstić information content (AvgIpc) is 3.39. The number of amides is 7. The zero-order chi connectivity index (χ0) is 60.3. The zero-order valence-corrected chi connectivity index (χ0v) is 43.8. The van der Waals surface area contributed by atoms with E-state index in [1.54, 1.807) is 72.8 Å². The number of alkyl halides is 1. The summed E-state index contributed by atoms with van der Waals surface area (Å²) in [5, 5.41) is 62.8. The highest BCUT2D eigenvalue weighted by atomic mass is 19.1. The van der Waals surface area contributed by atoms with Crippen LogP contribution < -0.4 is 54.6 Å². The summed E-state index contributed by atoms with van der Waals surface area (Å²) in [6, 6.07) is 16.4. The number of hydrogen-bond acceptors (Lipinski definition) is 15. The van der Waals surface area contributed by atoms with Gasteiger partial charge < -0.3 is 79.2 Å². The van der Waals surface area contributed by atoms with Crippen LogP contribution >= 0.6 is 0 Å². The van der Waals surface area contributed by atoms with Gasteiger partial charge in [0.15, 0.2) is 0 Å². The first kappa shape index (κ1) is 71.9. The topological polar surface area (TPSA) is 477 Å². The van der Waals surface area contributed by atoms with E-state index in [1.807, 2.05) is 6.92 Å². The summed E-state index contributed by atoms with van der Waals surface area (Å²) in [5.41, 5.74) is 19.9. The Morgan fingerprint density at radius 3 is 1.62 bits per heavy atom. The molecule has 0 fully saturated rings. The molecule has 436 valence electrons. The summed E-state index contributed by atoms with van der Waals surface area (Å²) >= 11 is 0. The molecular formula is C51H73FN10O17. The average molecular weight is 1120 g/mol. The predicted octanol–water partition coefficient (Wildman–Crippen LogP) is 3.19. The molecule has 19 N–H and O–H groups in total. The number of aliphatic carboxylic acids is 5. The summed E-state index contributed by atoms with van der Waals surface area (Å²) in [5.74, 6) is 0.557. The molecule has 0 heterocycles. The molecule has 3 aromatic carbocycles. The Morgan fingerprint density at radius 2 is 1.15 bits per heavy atom. The largest absolute Gasteiger partial charge is 0.481 e. The molecule has 3 aromatic rings. The standard InChI is InChI=1S/C29H40FN7O5.C10H11NO3.C6H10N2O4.C5H8O4.CH4O/c1-2-4-22(35-27(39)20-8-13-24(14-9-20)37(33)18-21(31)5-3-16-30)12-15-26(38)34-23-10-6-19(7-11-23)17-25(28(40)41)36-29(32)42;12-7-11-9-4-1-8(2-5-9)3-6-10(13)14;7-6(12)8-4(3-9)1-2-5(10)11;6-4(7)2-1-3-5(8)9;1-2/h6-11,13-14,18,22,25H,2-5,12,15-17,31,33H2,1H3,(H,34,38)(H,35,39)(H,40,41)(H3,32,36,42);1-2,4-5,7H,3,6H2,(H,11,12)(H,13,14);3-4H,1-2H2,(H,10,11)(H3,7,8,12);1-3H2,(H,6,7)(H,8,9);2H,1H3/b21-18-;;;;. The third kappa shape index (κ3) is 38.1. The van der Waals surface area contributed by atoms with Gasteiger partial charge >= 0.3 is 41.9 Å². The van der Waals surface area contributed by atoms with Crippen molar-refractivity contribution < 1.29 is 87.8 Å². The number of anilines is 3. The first-order chi connectivity index (χ1) is 37.4. The number of urea groups is 2. The van der Waals surface area contributed by atoms with Gasteiger partial charge in [-0.15, -0.1) is 0 Å². The van der Waals surface area contributed by atoms with Gasteiger partial charge in [-0.1, -0.05) is 37.6 Å². The molecule has 3 atom stereocenters. The number of carboxylic acids is 5. The summed E-state index contributed by atoms with van der Waals surface area (Å²) in [7, 11) is 1.00. The van der Waals surface area contributed by atoms with Gasteiger partial charge in [0.2, 0.25) is 12.3 Å². The van der Waals surface area contributed by atoms with Crippen molar-refractivity contribution in [2.45, 2.75) is 115 Å². The maximum absolute atomic E-state index is 12.9. The van der Waals surface area contributed by atoms with Crippen LogP contribution in [-0.4, -0.2) is 129 Å². The summed E-state index contributed by atoms with van der Waals surface area (Å²) in [4.78, 5) is 118. The highest BCUT2D eigenvalue weighted by Crippen LogP contribution is 2.17. The molecule has 3 rings (SSSR count). The van der Waals surface area contributed by atoms with Crippen LogP contribution in [0.15, 0.2) is 84.7 Å². The van der Waals surface area contributed by atoms with E-state index in [0.29, 0.717) is 78.7 Å². The lowest BCUT2D eigenvalue weighted by molar-refractivity contribution is -0.140. The normalized spacial score (nSPS) is 11.2. The number of aryl methyl sites for hydroxylation is 1. The molecule has 0 saturated heterocycles. The fourth-order valence-electron chi connectivity index (χ4n) is 6.25. The van der Waals surface area contributed by atoms with Gasteiger partial charge in [0, 0.05) is 80.5 Å². The van der Waals surface area contributed by atoms with E-state index in [0.717, 1.165) is 19.1 Å². The quantitative estimate of drug-likeness (QED) is 0.0250. The fraction of sp³-hybridized carbons (Fsp3) is 0.392. The minimum atomic E-state index is -1.21. The molecule has 3 unspecified atom stereocenters. The SMILES string of the molecule is CCCC(CCC(=O)Nc1ccc(CC(NC(N)=O)C(=O)O)cc1)NC(=O)c1ccc(N(N)/C=C(\N)CCCF)cc1.CO.NC(=O)NC(C=O)CCC(=O)O.O=C(O)CCCC(=O)O.O=CNc1ccc(CCC(=O)O)cc1. The van der Waals surface area contributed by atoms with Crippen LogP contribution in [0.5, 0.6) is 0 Å². The van der Waals surface area contributed by atoms with Crippen molar-refractivity contribution in [1.29, 1.82) is 0 Å². The lowest BCUT2D eigenvalue weighted by atomic mass is 10.0. The van der Waals surface area contributed by atoms with Gasteiger partial charge in [0.25, 0.3) is 5.91 Å². The Hall–Kier alpha value is -9.18. The van der Waals surface area contributed by atoms with Crippen molar-refractivity contribution in [3.63, 3.8) is 0 Å². The number of halogens is 1. The molecule has 0 aromatic heterocycles. The number of allylic oxidation sites excluding steroid dienone is 1. The summed E-state index contributed by atoms with van der Waals surface area (Å²) in [6.07, 6.45) is 6.02. The van der Waals surface area contributed by atoms with Crippen LogP contribution in [-0.2, 0) is 51.2 Å². The van der Waals surface area contributed by atoms with Crippen LogP contribution in [0.2, 0.25) is 0 Å². The third-order valence-electron chi connectivity index (χ3n) is 10.1. The molecule has 0 aliphatic rings. The van der Waals surface area contributed by atoms with Crippen LogP contribution in [0.4, 0.5) is 31.0 Å². The fourth-order valence-corrected chi connectivity index (χ4v) is 6.25. The van der Waals surface area contributed by atoms with E-state index in [2.05, 4.69) is 26.6 Å².